The number of aliphatic carboxylic acids is 1. The number of rotatable bonds is 7. The summed E-state index contributed by atoms with van der Waals surface area (Å²) in [6.45, 7) is 2.17. The molecular weight excluding hydrogens is 321 g/mol. The number of thiophene rings is 1. The predicted molar refractivity (Wildman–Crippen MR) is 77.7 cm³/mol. The summed E-state index contributed by atoms with van der Waals surface area (Å²) in [4.78, 5) is 21.4. The van der Waals surface area contributed by atoms with Crippen LogP contribution in [-0.4, -0.2) is 30.1 Å². The molecule has 1 aromatic heterocycles. The maximum atomic E-state index is 11.7. The molecule has 0 bridgehead atoms. The van der Waals surface area contributed by atoms with Gasteiger partial charge in [-0.1, -0.05) is 26.2 Å². The Kier molecular flexibility index (Phi) is 9.48. The minimum absolute atomic E-state index is 0.249. The van der Waals surface area contributed by atoms with Gasteiger partial charge in [-0.25, -0.2) is 4.79 Å². The van der Waals surface area contributed by atoms with Crippen molar-refractivity contribution in [1.29, 1.82) is 0 Å². The molecule has 0 aliphatic carbocycles. The third-order valence-electron chi connectivity index (χ3n) is 2.59. The Balaban J connectivity index is 0.000000534. The van der Waals surface area contributed by atoms with E-state index in [-0.39, 0.29) is 5.78 Å². The molecule has 0 radical (unpaired) electrons. The van der Waals surface area contributed by atoms with Gasteiger partial charge in [0.1, 0.15) is 5.75 Å². The molecule has 0 aliphatic rings. The molecule has 1 heterocycles. The normalized spacial score (nSPS) is 10.6. The molecule has 0 spiro atoms. The Morgan fingerprint density at radius 2 is 1.86 bits per heavy atom. The van der Waals surface area contributed by atoms with Gasteiger partial charge in [0.2, 0.25) is 0 Å². The molecule has 0 fully saturated rings. The van der Waals surface area contributed by atoms with Crippen LogP contribution in [0.2, 0.25) is 0 Å². The van der Waals surface area contributed by atoms with Gasteiger partial charge in [0.25, 0.3) is 0 Å². The van der Waals surface area contributed by atoms with E-state index in [0.717, 1.165) is 23.5 Å². The molecule has 1 aromatic rings. The summed E-state index contributed by atoms with van der Waals surface area (Å²) in [6, 6.07) is 1.83. The predicted octanol–water partition coefficient (Wildman–Crippen LogP) is 4.54. The van der Waals surface area contributed by atoms with Gasteiger partial charge < -0.3 is 9.84 Å². The van der Waals surface area contributed by atoms with E-state index in [9.17, 15) is 18.0 Å². The largest absolute Gasteiger partial charge is 0.496 e. The number of carbonyl (C=O) groups excluding carboxylic acids is 1. The second kappa shape index (κ2) is 10.2. The number of hydrogen-bond donors (Lipinski definition) is 1. The molecule has 0 amide bonds. The van der Waals surface area contributed by atoms with Crippen LogP contribution in [0.3, 0.4) is 0 Å². The van der Waals surface area contributed by atoms with Gasteiger partial charge in [-0.3, -0.25) is 4.79 Å². The molecule has 4 nitrogen and oxygen atoms in total. The quantitative estimate of drug-likeness (QED) is 0.584. The van der Waals surface area contributed by atoms with Gasteiger partial charge >= 0.3 is 12.1 Å². The lowest BCUT2D eigenvalue weighted by atomic mass is 10.1. The van der Waals surface area contributed by atoms with Crippen LogP contribution >= 0.6 is 11.3 Å². The summed E-state index contributed by atoms with van der Waals surface area (Å²) in [5.41, 5.74) is 0. The highest BCUT2D eigenvalue weighted by atomic mass is 32.1. The Labute approximate surface area is 130 Å². The zero-order valence-electron chi connectivity index (χ0n) is 12.4. The average molecular weight is 340 g/mol. The third-order valence-corrected chi connectivity index (χ3v) is 3.54. The van der Waals surface area contributed by atoms with Crippen molar-refractivity contribution in [2.24, 2.45) is 0 Å². The maximum Gasteiger partial charge on any atom is 0.490 e. The molecule has 0 aliphatic heterocycles. The molecule has 0 saturated carbocycles. The number of ether oxygens (including phenoxy) is 1. The van der Waals surface area contributed by atoms with Crippen LogP contribution in [0, 0.1) is 0 Å². The van der Waals surface area contributed by atoms with Crippen molar-refractivity contribution in [2.45, 2.75) is 45.2 Å². The van der Waals surface area contributed by atoms with Crippen LogP contribution in [0.5, 0.6) is 5.75 Å². The number of halogens is 3. The van der Waals surface area contributed by atoms with Gasteiger partial charge in [-0.2, -0.15) is 13.2 Å². The minimum Gasteiger partial charge on any atom is -0.496 e. The van der Waals surface area contributed by atoms with E-state index >= 15 is 0 Å². The SMILES string of the molecule is CCCCCCC(=O)c1cc(OC)cs1.O=C(O)C(F)(F)F. The van der Waals surface area contributed by atoms with Crippen LogP contribution in [0.1, 0.15) is 48.7 Å². The minimum atomic E-state index is -5.08. The van der Waals surface area contributed by atoms with Gasteiger partial charge in [0.05, 0.1) is 12.0 Å². The van der Waals surface area contributed by atoms with Crippen molar-refractivity contribution in [3.8, 4) is 5.75 Å². The van der Waals surface area contributed by atoms with E-state index in [1.165, 1.54) is 24.2 Å². The lowest BCUT2D eigenvalue weighted by molar-refractivity contribution is -0.192. The van der Waals surface area contributed by atoms with Crippen LogP contribution < -0.4 is 4.74 Å². The van der Waals surface area contributed by atoms with Crippen LogP contribution in [0.4, 0.5) is 13.2 Å². The number of ketones is 1. The number of unbranched alkanes of at least 4 members (excludes halogenated alkanes) is 3. The summed E-state index contributed by atoms with van der Waals surface area (Å²) in [5, 5.41) is 9.00. The number of carbonyl (C=O) groups is 2. The molecule has 8 heteroatoms. The fourth-order valence-corrected chi connectivity index (χ4v) is 2.23. The summed E-state index contributed by atoms with van der Waals surface area (Å²) in [7, 11) is 1.62. The molecule has 22 heavy (non-hydrogen) atoms. The van der Waals surface area contributed by atoms with E-state index in [2.05, 4.69) is 6.92 Å². The fraction of sp³-hybridized carbons (Fsp3) is 0.571. The first-order valence-electron chi connectivity index (χ1n) is 6.68. The summed E-state index contributed by atoms with van der Waals surface area (Å²) < 4.78 is 36.8. The molecule has 1 rings (SSSR count). The number of carboxylic acids is 1. The number of Topliss-reactive ketones (excluding diaryl/α,β-unsaturated/α-hetero) is 1. The van der Waals surface area contributed by atoms with E-state index in [1.807, 2.05) is 11.4 Å². The highest BCUT2D eigenvalue weighted by molar-refractivity contribution is 7.12. The van der Waals surface area contributed by atoms with Gasteiger partial charge in [0.15, 0.2) is 5.78 Å². The van der Waals surface area contributed by atoms with E-state index < -0.39 is 12.1 Å². The standard InChI is InChI=1S/C12H18O2S.C2HF3O2/c1-3-4-5-6-7-11(13)12-8-10(14-2)9-15-12;3-2(4,5)1(6)7/h8-9H,3-7H2,1-2H3;(H,6,7). The topological polar surface area (TPSA) is 63.6 Å². The lowest BCUT2D eigenvalue weighted by Crippen LogP contribution is -2.21. The zero-order valence-corrected chi connectivity index (χ0v) is 13.2. The van der Waals surface area contributed by atoms with Gasteiger partial charge in [-0.15, -0.1) is 11.3 Å². The van der Waals surface area contributed by atoms with E-state index in [1.54, 1.807) is 7.11 Å². The van der Waals surface area contributed by atoms with Crippen molar-refractivity contribution in [1.82, 2.24) is 0 Å². The highest BCUT2D eigenvalue weighted by Gasteiger charge is 2.38. The second-order valence-corrected chi connectivity index (χ2v) is 5.30. The Morgan fingerprint density at radius 3 is 2.27 bits per heavy atom. The van der Waals surface area contributed by atoms with Crippen molar-refractivity contribution < 1.29 is 32.6 Å². The Morgan fingerprint density at radius 1 is 1.27 bits per heavy atom. The lowest BCUT2D eigenvalue weighted by Gasteiger charge is -1.97. The molecule has 0 atom stereocenters. The first-order chi connectivity index (χ1) is 10.2. The van der Waals surface area contributed by atoms with Crippen molar-refractivity contribution >= 4 is 23.1 Å². The zero-order chi connectivity index (χ0) is 17.2. The number of methoxy groups -OCH3 is 1. The fourth-order valence-electron chi connectivity index (χ4n) is 1.41. The molecule has 0 unspecified atom stereocenters. The van der Waals surface area contributed by atoms with Crippen LogP contribution in [-0.2, 0) is 4.79 Å². The van der Waals surface area contributed by atoms with E-state index in [4.69, 9.17) is 14.6 Å². The summed E-state index contributed by atoms with van der Waals surface area (Å²) >= 11 is 1.47. The van der Waals surface area contributed by atoms with Crippen LogP contribution in [0.15, 0.2) is 11.4 Å². The number of carboxylic acid groups (broad SMARTS) is 1. The molecule has 126 valence electrons. The summed E-state index contributed by atoms with van der Waals surface area (Å²) in [5.74, 6) is -1.72. The van der Waals surface area contributed by atoms with Gasteiger partial charge in [-0.05, 0) is 6.42 Å². The second-order valence-electron chi connectivity index (χ2n) is 4.39. The molecule has 0 aromatic carbocycles. The molecular formula is C14H19F3O4S. The first-order valence-corrected chi connectivity index (χ1v) is 7.56. The van der Waals surface area contributed by atoms with Crippen molar-refractivity contribution in [3.63, 3.8) is 0 Å². The smallest absolute Gasteiger partial charge is 0.490 e. The maximum absolute atomic E-state index is 11.7. The Hall–Kier alpha value is -1.57. The molecule has 0 saturated heterocycles. The number of hydrogen-bond acceptors (Lipinski definition) is 4. The molecule has 1 N–H and O–H groups in total. The summed E-state index contributed by atoms with van der Waals surface area (Å²) in [6.07, 6.45) is 0.184. The van der Waals surface area contributed by atoms with Crippen molar-refractivity contribution in [2.75, 3.05) is 7.11 Å². The van der Waals surface area contributed by atoms with E-state index in [0.29, 0.717) is 6.42 Å². The first kappa shape index (κ1) is 20.4. The van der Waals surface area contributed by atoms with Crippen LogP contribution in [0.25, 0.3) is 0 Å². The average Bonchev–Trinajstić information content (AvgIpc) is 2.92. The highest BCUT2D eigenvalue weighted by Crippen LogP contribution is 2.23. The Bertz CT molecular complexity index is 469. The van der Waals surface area contributed by atoms with Gasteiger partial charge in [0, 0.05) is 17.9 Å². The van der Waals surface area contributed by atoms with Crippen molar-refractivity contribution in [3.05, 3.63) is 16.3 Å². The number of alkyl halides is 3. The third kappa shape index (κ3) is 8.66. The monoisotopic (exact) mass is 340 g/mol.